The summed E-state index contributed by atoms with van der Waals surface area (Å²) in [6, 6.07) is 4.41. The van der Waals surface area contributed by atoms with Crippen LogP contribution in [0.2, 0.25) is 0 Å². The van der Waals surface area contributed by atoms with Crippen molar-refractivity contribution < 1.29 is 13.2 Å². The lowest BCUT2D eigenvalue weighted by atomic mass is 10.3. The molecule has 0 atom stereocenters. The fraction of sp³-hybridized carbons (Fsp3) is 0.538. The first-order chi connectivity index (χ1) is 9.94. The third kappa shape index (κ3) is 3.70. The maximum absolute atomic E-state index is 12.2. The minimum atomic E-state index is -3.22. The molecule has 1 aromatic heterocycles. The van der Waals surface area contributed by atoms with E-state index in [1.54, 1.807) is 11.0 Å². The fourth-order valence-corrected chi connectivity index (χ4v) is 3.79. The quantitative estimate of drug-likeness (QED) is 0.838. The van der Waals surface area contributed by atoms with Crippen molar-refractivity contribution in [2.75, 3.05) is 31.9 Å². The number of nitrogens with one attached hydrogen (secondary N) is 1. The van der Waals surface area contributed by atoms with Crippen LogP contribution in [0.3, 0.4) is 0 Å². The van der Waals surface area contributed by atoms with Crippen molar-refractivity contribution in [3.8, 4) is 0 Å². The Balaban J connectivity index is 2.01. The lowest BCUT2D eigenvalue weighted by molar-refractivity contribution is 0.0691. The first kappa shape index (κ1) is 15.7. The van der Waals surface area contributed by atoms with Gasteiger partial charge in [-0.15, -0.1) is 0 Å². The number of H-pyrrole nitrogens is 1. The molecule has 7 nitrogen and oxygen atoms in total. The molecule has 8 heteroatoms. The van der Waals surface area contributed by atoms with E-state index >= 15 is 0 Å². The summed E-state index contributed by atoms with van der Waals surface area (Å²) in [4.78, 5) is 27.5. The van der Waals surface area contributed by atoms with Crippen molar-refractivity contribution in [2.45, 2.75) is 13.3 Å². The second-order valence-corrected chi connectivity index (χ2v) is 7.02. The van der Waals surface area contributed by atoms with Crippen molar-refractivity contribution in [1.82, 2.24) is 14.2 Å². The number of hydrogen-bond donors (Lipinski definition) is 1. The second-order valence-electron chi connectivity index (χ2n) is 4.94. The molecule has 0 spiro atoms. The van der Waals surface area contributed by atoms with E-state index in [0.29, 0.717) is 32.6 Å². The van der Waals surface area contributed by atoms with E-state index in [4.69, 9.17) is 0 Å². The highest BCUT2D eigenvalue weighted by molar-refractivity contribution is 7.89. The zero-order valence-corrected chi connectivity index (χ0v) is 12.7. The predicted molar refractivity (Wildman–Crippen MR) is 78.6 cm³/mol. The maximum Gasteiger partial charge on any atom is 0.270 e. The van der Waals surface area contributed by atoms with Gasteiger partial charge in [0, 0.05) is 32.2 Å². The van der Waals surface area contributed by atoms with Crippen LogP contribution >= 0.6 is 0 Å². The average molecular weight is 313 g/mol. The van der Waals surface area contributed by atoms with Crippen LogP contribution in [-0.4, -0.2) is 60.4 Å². The van der Waals surface area contributed by atoms with Crippen LogP contribution in [0.4, 0.5) is 0 Å². The number of amides is 1. The van der Waals surface area contributed by atoms with Gasteiger partial charge in [0.25, 0.3) is 5.91 Å². The molecule has 1 saturated heterocycles. The Kier molecular flexibility index (Phi) is 4.79. The SMILES string of the molecule is CCCS(=O)(=O)N1CCN(C(=O)c2cccc(=O)[nH]2)CC1. The van der Waals surface area contributed by atoms with Crippen molar-refractivity contribution in [1.29, 1.82) is 0 Å². The first-order valence-electron chi connectivity index (χ1n) is 6.90. The molecule has 1 aliphatic rings. The molecule has 0 unspecified atom stereocenters. The Labute approximate surface area is 123 Å². The van der Waals surface area contributed by atoms with Gasteiger partial charge >= 0.3 is 0 Å². The molecule has 0 aromatic carbocycles. The van der Waals surface area contributed by atoms with Crippen LogP contribution < -0.4 is 5.56 Å². The minimum absolute atomic E-state index is 0.132. The summed E-state index contributed by atoms with van der Waals surface area (Å²) in [6.45, 7) is 3.08. The van der Waals surface area contributed by atoms with E-state index in [0.717, 1.165) is 0 Å². The maximum atomic E-state index is 12.2. The molecule has 0 radical (unpaired) electrons. The van der Waals surface area contributed by atoms with Crippen LogP contribution in [0.5, 0.6) is 0 Å². The summed E-state index contributed by atoms with van der Waals surface area (Å²) in [6.07, 6.45) is 0.576. The number of pyridine rings is 1. The summed E-state index contributed by atoms with van der Waals surface area (Å²) < 4.78 is 25.3. The zero-order chi connectivity index (χ0) is 15.5. The number of rotatable bonds is 4. The first-order valence-corrected chi connectivity index (χ1v) is 8.51. The highest BCUT2D eigenvalue weighted by atomic mass is 32.2. The summed E-state index contributed by atoms with van der Waals surface area (Å²) >= 11 is 0. The topological polar surface area (TPSA) is 90.6 Å². The minimum Gasteiger partial charge on any atom is -0.335 e. The normalized spacial score (nSPS) is 16.9. The van der Waals surface area contributed by atoms with E-state index < -0.39 is 10.0 Å². The summed E-state index contributed by atoms with van der Waals surface area (Å²) in [5.74, 6) is -0.146. The van der Waals surface area contributed by atoms with Gasteiger partial charge < -0.3 is 9.88 Å². The van der Waals surface area contributed by atoms with E-state index in [9.17, 15) is 18.0 Å². The van der Waals surface area contributed by atoms with Gasteiger partial charge in [0.05, 0.1) is 5.75 Å². The predicted octanol–water partition coefficient (Wildman–Crippen LogP) is -0.127. The van der Waals surface area contributed by atoms with E-state index in [1.165, 1.54) is 16.4 Å². The number of nitrogens with zero attached hydrogens (tertiary/aromatic N) is 2. The van der Waals surface area contributed by atoms with Gasteiger partial charge in [-0.2, -0.15) is 4.31 Å². The molecule has 0 aliphatic carbocycles. The molecule has 0 bridgehead atoms. The number of piperazine rings is 1. The number of hydrogen-bond acceptors (Lipinski definition) is 4. The largest absolute Gasteiger partial charge is 0.335 e. The van der Waals surface area contributed by atoms with Crippen LogP contribution in [0.15, 0.2) is 23.0 Å². The van der Waals surface area contributed by atoms with Crippen molar-refractivity contribution in [2.24, 2.45) is 0 Å². The fourth-order valence-electron chi connectivity index (χ4n) is 2.30. The van der Waals surface area contributed by atoms with E-state index in [-0.39, 0.29) is 22.9 Å². The van der Waals surface area contributed by atoms with Gasteiger partial charge in [0.1, 0.15) is 5.69 Å². The number of carbonyl (C=O) groups excluding carboxylic acids is 1. The molecule has 2 rings (SSSR count). The van der Waals surface area contributed by atoms with Crippen molar-refractivity contribution >= 4 is 15.9 Å². The average Bonchev–Trinajstić information content (AvgIpc) is 2.46. The molecular formula is C13H19N3O4S. The van der Waals surface area contributed by atoms with Crippen LogP contribution in [0.25, 0.3) is 0 Å². The number of aromatic amines is 1. The third-order valence-corrected chi connectivity index (χ3v) is 5.46. The number of aromatic nitrogens is 1. The number of carbonyl (C=O) groups is 1. The summed E-state index contributed by atoms with van der Waals surface area (Å²) in [5.41, 5.74) is -0.0997. The molecule has 1 aliphatic heterocycles. The molecule has 1 N–H and O–H groups in total. The molecule has 1 amide bonds. The lowest BCUT2D eigenvalue weighted by Gasteiger charge is -2.33. The Morgan fingerprint density at radius 1 is 1.24 bits per heavy atom. The Morgan fingerprint density at radius 3 is 2.48 bits per heavy atom. The van der Waals surface area contributed by atoms with Gasteiger partial charge in [-0.05, 0) is 12.5 Å². The standard InChI is InChI=1S/C13H19N3O4S/c1-2-10-21(19,20)16-8-6-15(7-9-16)13(18)11-4-3-5-12(17)14-11/h3-5H,2,6-10H2,1H3,(H,14,17). The molecule has 21 heavy (non-hydrogen) atoms. The Hall–Kier alpha value is -1.67. The molecule has 116 valence electrons. The molecule has 0 saturated carbocycles. The summed E-state index contributed by atoms with van der Waals surface area (Å²) in [5, 5.41) is 0. The van der Waals surface area contributed by atoms with Gasteiger partial charge in [0.15, 0.2) is 0 Å². The van der Waals surface area contributed by atoms with Gasteiger partial charge in [-0.25, -0.2) is 8.42 Å². The molecular weight excluding hydrogens is 294 g/mol. The van der Waals surface area contributed by atoms with E-state index in [1.807, 2.05) is 6.92 Å². The monoisotopic (exact) mass is 313 g/mol. The van der Waals surface area contributed by atoms with Crippen LogP contribution in [0, 0.1) is 0 Å². The van der Waals surface area contributed by atoms with Crippen molar-refractivity contribution in [3.05, 3.63) is 34.2 Å². The molecule has 1 fully saturated rings. The Morgan fingerprint density at radius 2 is 1.90 bits per heavy atom. The highest BCUT2D eigenvalue weighted by Crippen LogP contribution is 2.11. The Bertz CT molecular complexity index is 660. The molecule has 2 heterocycles. The third-order valence-electron chi connectivity index (χ3n) is 3.38. The lowest BCUT2D eigenvalue weighted by Crippen LogP contribution is -2.51. The highest BCUT2D eigenvalue weighted by Gasteiger charge is 2.28. The van der Waals surface area contributed by atoms with Gasteiger partial charge in [-0.3, -0.25) is 9.59 Å². The number of sulfonamides is 1. The molecule has 1 aromatic rings. The van der Waals surface area contributed by atoms with Gasteiger partial charge in [0.2, 0.25) is 15.6 Å². The second kappa shape index (κ2) is 6.40. The summed E-state index contributed by atoms with van der Waals surface area (Å²) in [7, 11) is -3.22. The van der Waals surface area contributed by atoms with Crippen LogP contribution in [-0.2, 0) is 10.0 Å². The van der Waals surface area contributed by atoms with Crippen LogP contribution in [0.1, 0.15) is 23.8 Å². The van der Waals surface area contributed by atoms with Crippen molar-refractivity contribution in [3.63, 3.8) is 0 Å². The zero-order valence-electron chi connectivity index (χ0n) is 11.9. The van der Waals surface area contributed by atoms with E-state index in [2.05, 4.69) is 4.98 Å². The van der Waals surface area contributed by atoms with Gasteiger partial charge in [-0.1, -0.05) is 13.0 Å². The smallest absolute Gasteiger partial charge is 0.270 e.